The van der Waals surface area contributed by atoms with E-state index in [9.17, 15) is 4.79 Å². The van der Waals surface area contributed by atoms with Crippen LogP contribution in [0.5, 0.6) is 11.5 Å². The number of hydrogen-bond acceptors (Lipinski definition) is 6. The van der Waals surface area contributed by atoms with Gasteiger partial charge in [-0.05, 0) is 47.5 Å². The number of carbonyl (C=O) groups excluding carboxylic acids is 1. The van der Waals surface area contributed by atoms with Gasteiger partial charge in [-0.15, -0.1) is 0 Å². The van der Waals surface area contributed by atoms with E-state index in [0.29, 0.717) is 36.2 Å². The average Bonchev–Trinajstić information content (AvgIpc) is 3.04. The fraction of sp³-hybridized carbons (Fsp3) is 0.214. The summed E-state index contributed by atoms with van der Waals surface area (Å²) in [4.78, 5) is 16.6. The third kappa shape index (κ3) is 5.09. The molecule has 0 spiro atoms. The van der Waals surface area contributed by atoms with Gasteiger partial charge in [-0.1, -0.05) is 48.0 Å². The van der Waals surface area contributed by atoms with Crippen molar-refractivity contribution >= 4 is 28.5 Å². The smallest absolute Gasteiger partial charge is 0.331 e. The number of pyridine rings is 1. The zero-order chi connectivity index (χ0) is 24.2. The van der Waals surface area contributed by atoms with Crippen LogP contribution >= 0.6 is 11.6 Å². The van der Waals surface area contributed by atoms with Crippen molar-refractivity contribution in [3.63, 3.8) is 0 Å². The molecule has 0 radical (unpaired) electrons. The molecule has 178 valence electrons. The van der Waals surface area contributed by atoms with Crippen LogP contribution in [-0.2, 0) is 27.3 Å². The van der Waals surface area contributed by atoms with Gasteiger partial charge in [0.1, 0.15) is 30.8 Å². The van der Waals surface area contributed by atoms with Gasteiger partial charge in [-0.2, -0.15) is 0 Å². The maximum absolute atomic E-state index is 11.9. The number of halogens is 1. The third-order valence-corrected chi connectivity index (χ3v) is 6.16. The Bertz CT molecular complexity index is 1370. The highest BCUT2D eigenvalue weighted by atomic mass is 35.5. The van der Waals surface area contributed by atoms with E-state index in [2.05, 4.69) is 0 Å². The molecular weight excluding hydrogens is 466 g/mol. The van der Waals surface area contributed by atoms with Gasteiger partial charge in [-0.25, -0.2) is 4.79 Å². The van der Waals surface area contributed by atoms with Gasteiger partial charge in [0.15, 0.2) is 0 Å². The quantitative estimate of drug-likeness (QED) is 0.311. The molecule has 1 aromatic heterocycles. The van der Waals surface area contributed by atoms with Gasteiger partial charge in [0.2, 0.25) is 0 Å². The summed E-state index contributed by atoms with van der Waals surface area (Å²) in [6.45, 7) is 0.623. The molecule has 0 N–H and O–H groups in total. The number of esters is 1. The zero-order valence-electron chi connectivity index (χ0n) is 19.2. The second-order valence-corrected chi connectivity index (χ2v) is 8.60. The first-order valence-corrected chi connectivity index (χ1v) is 11.7. The first-order valence-electron chi connectivity index (χ1n) is 11.3. The van der Waals surface area contributed by atoms with E-state index >= 15 is 0 Å². The fourth-order valence-corrected chi connectivity index (χ4v) is 4.37. The van der Waals surface area contributed by atoms with E-state index in [0.717, 1.165) is 33.3 Å². The Hall–Kier alpha value is -3.61. The minimum Gasteiger partial charge on any atom is -0.493 e. The molecule has 0 aliphatic carbocycles. The molecule has 1 atom stereocenters. The second kappa shape index (κ2) is 10.3. The summed E-state index contributed by atoms with van der Waals surface area (Å²) < 4.78 is 23.2. The van der Waals surface area contributed by atoms with Crippen LogP contribution < -0.4 is 9.47 Å². The Labute approximate surface area is 208 Å². The summed E-state index contributed by atoms with van der Waals surface area (Å²) in [5.74, 6) is 0.854. The highest BCUT2D eigenvalue weighted by Crippen LogP contribution is 2.43. The predicted molar refractivity (Wildman–Crippen MR) is 133 cm³/mol. The molecule has 6 nitrogen and oxygen atoms in total. The minimum absolute atomic E-state index is 0.186. The van der Waals surface area contributed by atoms with E-state index in [1.54, 1.807) is 0 Å². The minimum atomic E-state index is -0.539. The largest absolute Gasteiger partial charge is 0.493 e. The summed E-state index contributed by atoms with van der Waals surface area (Å²) in [6, 6.07) is 23.2. The van der Waals surface area contributed by atoms with Gasteiger partial charge in [-0.3, -0.25) is 4.98 Å². The molecule has 0 amide bonds. The SMILES string of the molecule is COC(=O)COC1c2ccccc2COc2cccc(OCCc3ccc4cc(Cl)ccc4n3)c21. The molecule has 2 heterocycles. The Morgan fingerprint density at radius 3 is 2.86 bits per heavy atom. The normalized spacial score (nSPS) is 14.4. The van der Waals surface area contributed by atoms with E-state index in [1.807, 2.05) is 72.8 Å². The predicted octanol–water partition coefficient (Wildman–Crippen LogP) is 5.68. The number of ether oxygens (including phenoxy) is 4. The third-order valence-electron chi connectivity index (χ3n) is 5.93. The summed E-state index contributed by atoms with van der Waals surface area (Å²) >= 11 is 6.08. The lowest BCUT2D eigenvalue weighted by atomic mass is 9.96. The molecule has 0 saturated carbocycles. The number of fused-ring (bicyclic) bond motifs is 3. The van der Waals surface area contributed by atoms with Gasteiger partial charge in [0, 0.05) is 22.5 Å². The van der Waals surface area contributed by atoms with E-state index in [4.69, 9.17) is 35.5 Å². The van der Waals surface area contributed by atoms with Crippen molar-refractivity contribution in [2.24, 2.45) is 0 Å². The van der Waals surface area contributed by atoms with Crippen LogP contribution in [0, 0.1) is 0 Å². The van der Waals surface area contributed by atoms with Crippen LogP contribution in [0.3, 0.4) is 0 Å². The monoisotopic (exact) mass is 489 g/mol. The van der Waals surface area contributed by atoms with Crippen molar-refractivity contribution in [1.82, 2.24) is 4.98 Å². The summed E-state index contributed by atoms with van der Waals surface area (Å²) in [6.07, 6.45) is 0.0791. The summed E-state index contributed by atoms with van der Waals surface area (Å²) in [5, 5.41) is 1.69. The second-order valence-electron chi connectivity index (χ2n) is 8.16. The molecule has 3 aromatic carbocycles. The number of nitrogens with zero attached hydrogens (tertiary/aromatic N) is 1. The Kier molecular flexibility index (Phi) is 6.84. The van der Waals surface area contributed by atoms with Crippen molar-refractivity contribution in [2.45, 2.75) is 19.1 Å². The Balaban J connectivity index is 1.40. The molecule has 0 fully saturated rings. The lowest BCUT2D eigenvalue weighted by Gasteiger charge is -2.22. The van der Waals surface area contributed by atoms with E-state index in [-0.39, 0.29) is 6.61 Å². The van der Waals surface area contributed by atoms with Crippen molar-refractivity contribution in [2.75, 3.05) is 20.3 Å². The van der Waals surface area contributed by atoms with Crippen LogP contribution in [0.25, 0.3) is 10.9 Å². The number of benzene rings is 3. The molecule has 1 unspecified atom stereocenters. The lowest BCUT2D eigenvalue weighted by Crippen LogP contribution is -2.16. The molecule has 1 aliphatic rings. The fourth-order valence-electron chi connectivity index (χ4n) is 4.19. The summed E-state index contributed by atoms with van der Waals surface area (Å²) in [7, 11) is 1.34. The molecule has 35 heavy (non-hydrogen) atoms. The highest BCUT2D eigenvalue weighted by Gasteiger charge is 2.29. The first kappa shape index (κ1) is 23.1. The standard InChI is InChI=1S/C28H24ClNO5/c1-32-26(31)17-35-28-22-6-3-2-5-19(22)16-34-25-8-4-7-24(27(25)28)33-14-13-21-11-9-18-15-20(29)10-12-23(18)30-21/h2-12,15,28H,13-14,16-17H2,1H3. The molecule has 5 rings (SSSR count). The maximum atomic E-state index is 11.9. The molecule has 1 aliphatic heterocycles. The van der Waals surface area contributed by atoms with Gasteiger partial charge in [0.25, 0.3) is 0 Å². The lowest BCUT2D eigenvalue weighted by molar-refractivity contribution is -0.147. The van der Waals surface area contributed by atoms with E-state index < -0.39 is 12.1 Å². The number of rotatable bonds is 7. The molecule has 0 saturated heterocycles. The van der Waals surface area contributed by atoms with Gasteiger partial charge < -0.3 is 18.9 Å². The van der Waals surface area contributed by atoms with Crippen LogP contribution in [0.1, 0.15) is 28.5 Å². The van der Waals surface area contributed by atoms with Crippen molar-refractivity contribution in [3.05, 3.63) is 100 Å². The van der Waals surface area contributed by atoms with Crippen molar-refractivity contribution in [3.8, 4) is 11.5 Å². The maximum Gasteiger partial charge on any atom is 0.331 e. The van der Waals surface area contributed by atoms with Gasteiger partial charge >= 0.3 is 5.97 Å². The Morgan fingerprint density at radius 2 is 1.97 bits per heavy atom. The van der Waals surface area contributed by atoms with Crippen molar-refractivity contribution in [1.29, 1.82) is 0 Å². The summed E-state index contributed by atoms with van der Waals surface area (Å²) in [5.41, 5.74) is 4.48. The van der Waals surface area contributed by atoms with Crippen LogP contribution in [0.15, 0.2) is 72.8 Å². The molecule has 4 aromatic rings. The number of methoxy groups -OCH3 is 1. The first-order chi connectivity index (χ1) is 17.1. The molecule has 0 bridgehead atoms. The van der Waals surface area contributed by atoms with Crippen LogP contribution in [0.2, 0.25) is 5.02 Å². The Morgan fingerprint density at radius 1 is 1.09 bits per heavy atom. The molecule has 7 heteroatoms. The number of hydrogen-bond donors (Lipinski definition) is 0. The van der Waals surface area contributed by atoms with Gasteiger partial charge in [0.05, 0.1) is 24.8 Å². The molecular formula is C28H24ClNO5. The highest BCUT2D eigenvalue weighted by molar-refractivity contribution is 6.31. The average molecular weight is 490 g/mol. The number of aromatic nitrogens is 1. The van der Waals surface area contributed by atoms with Crippen LogP contribution in [0.4, 0.5) is 0 Å². The topological polar surface area (TPSA) is 66.9 Å². The van der Waals surface area contributed by atoms with E-state index in [1.165, 1.54) is 7.11 Å². The number of carbonyl (C=O) groups is 1. The zero-order valence-corrected chi connectivity index (χ0v) is 20.0. The van der Waals surface area contributed by atoms with Crippen LogP contribution in [-0.4, -0.2) is 31.3 Å². The van der Waals surface area contributed by atoms with Crippen molar-refractivity contribution < 1.29 is 23.7 Å².